The van der Waals surface area contributed by atoms with Crippen LogP contribution in [0.2, 0.25) is 0 Å². The van der Waals surface area contributed by atoms with Crippen molar-refractivity contribution in [1.29, 1.82) is 0 Å². The molecular formula is C15H26N4O. The first-order chi connectivity index (χ1) is 9.60. The van der Waals surface area contributed by atoms with Gasteiger partial charge in [-0.25, -0.2) is 9.97 Å². The minimum atomic E-state index is -0.122. The molecule has 2 rings (SSSR count). The van der Waals surface area contributed by atoms with E-state index in [9.17, 15) is 5.11 Å². The fourth-order valence-corrected chi connectivity index (χ4v) is 2.60. The number of nitrogens with one attached hydrogen (secondary N) is 2. The summed E-state index contributed by atoms with van der Waals surface area (Å²) < 4.78 is 0. The fraction of sp³-hybridized carbons (Fsp3) is 0.733. The number of aliphatic hydroxyl groups excluding tert-OH is 1. The molecule has 5 nitrogen and oxygen atoms in total. The maximum absolute atomic E-state index is 9.57. The molecule has 1 heterocycles. The van der Waals surface area contributed by atoms with E-state index < -0.39 is 0 Å². The number of rotatable bonds is 5. The minimum Gasteiger partial charge on any atom is -0.393 e. The molecule has 1 aromatic heterocycles. The van der Waals surface area contributed by atoms with Gasteiger partial charge in [-0.05, 0) is 46.0 Å². The van der Waals surface area contributed by atoms with Crippen molar-refractivity contribution in [2.75, 3.05) is 17.2 Å². The van der Waals surface area contributed by atoms with Crippen LogP contribution in [0.25, 0.3) is 0 Å². The van der Waals surface area contributed by atoms with E-state index in [4.69, 9.17) is 0 Å². The summed E-state index contributed by atoms with van der Waals surface area (Å²) in [5.74, 6) is 2.64. The van der Waals surface area contributed by atoms with Gasteiger partial charge in [0.2, 0.25) is 0 Å². The average molecular weight is 278 g/mol. The zero-order chi connectivity index (χ0) is 14.5. The molecule has 0 spiro atoms. The smallest absolute Gasteiger partial charge is 0.134 e. The topological polar surface area (TPSA) is 70.1 Å². The molecule has 0 aromatic carbocycles. The molecule has 0 unspecified atom stereocenters. The van der Waals surface area contributed by atoms with Gasteiger partial charge in [-0.3, -0.25) is 0 Å². The highest BCUT2D eigenvalue weighted by molar-refractivity contribution is 5.57. The second-order valence-electron chi connectivity index (χ2n) is 5.67. The van der Waals surface area contributed by atoms with Gasteiger partial charge in [0, 0.05) is 18.2 Å². The first kappa shape index (κ1) is 15.0. The third kappa shape index (κ3) is 3.82. The van der Waals surface area contributed by atoms with Crippen LogP contribution in [-0.4, -0.2) is 33.8 Å². The predicted octanol–water partition coefficient (Wildman–Crippen LogP) is 2.63. The number of anilines is 2. The lowest BCUT2D eigenvalue weighted by atomic mass is 9.93. The monoisotopic (exact) mass is 278 g/mol. The van der Waals surface area contributed by atoms with E-state index in [0.717, 1.165) is 61.7 Å². The van der Waals surface area contributed by atoms with Crippen LogP contribution in [0.5, 0.6) is 0 Å². The Bertz CT molecular complexity index is 442. The summed E-state index contributed by atoms with van der Waals surface area (Å²) >= 11 is 0. The first-order valence-electron chi connectivity index (χ1n) is 7.63. The highest BCUT2D eigenvalue weighted by Gasteiger charge is 2.20. The first-order valence-corrected chi connectivity index (χ1v) is 7.63. The average Bonchev–Trinajstić information content (AvgIpc) is 2.43. The standard InChI is InChI=1S/C15H26N4O/c1-4-9-16-14-10(2)15(18-11(3)17-14)19-12-5-7-13(20)8-6-12/h12-13,20H,4-9H2,1-3H3,(H2,16,17,18,19). The van der Waals surface area contributed by atoms with Crippen molar-refractivity contribution in [3.05, 3.63) is 11.4 Å². The Morgan fingerprint density at radius 2 is 1.75 bits per heavy atom. The van der Waals surface area contributed by atoms with Gasteiger partial charge in [0.15, 0.2) is 0 Å². The Balaban J connectivity index is 2.08. The summed E-state index contributed by atoms with van der Waals surface area (Å²) in [6.45, 7) is 7.04. The van der Waals surface area contributed by atoms with Gasteiger partial charge in [-0.2, -0.15) is 0 Å². The Kier molecular flexibility index (Phi) is 5.17. The SMILES string of the molecule is CCCNc1nc(C)nc(NC2CCC(O)CC2)c1C. The number of hydrogen-bond acceptors (Lipinski definition) is 5. The Morgan fingerprint density at radius 3 is 2.40 bits per heavy atom. The van der Waals surface area contributed by atoms with Gasteiger partial charge in [0.25, 0.3) is 0 Å². The van der Waals surface area contributed by atoms with E-state index >= 15 is 0 Å². The lowest BCUT2D eigenvalue weighted by Crippen LogP contribution is -2.29. The van der Waals surface area contributed by atoms with Crippen LogP contribution in [0.15, 0.2) is 0 Å². The minimum absolute atomic E-state index is 0.122. The van der Waals surface area contributed by atoms with E-state index in [1.54, 1.807) is 0 Å². The van der Waals surface area contributed by atoms with E-state index in [-0.39, 0.29) is 6.10 Å². The van der Waals surface area contributed by atoms with Gasteiger partial charge in [-0.15, -0.1) is 0 Å². The zero-order valence-electron chi connectivity index (χ0n) is 12.7. The number of aliphatic hydroxyl groups is 1. The molecule has 1 aliphatic rings. The Hall–Kier alpha value is -1.36. The van der Waals surface area contributed by atoms with Crippen LogP contribution < -0.4 is 10.6 Å². The molecule has 1 aliphatic carbocycles. The molecule has 1 aromatic rings. The van der Waals surface area contributed by atoms with Crippen LogP contribution in [0.4, 0.5) is 11.6 Å². The van der Waals surface area contributed by atoms with Crippen molar-refractivity contribution in [1.82, 2.24) is 9.97 Å². The highest BCUT2D eigenvalue weighted by Crippen LogP contribution is 2.25. The lowest BCUT2D eigenvalue weighted by molar-refractivity contribution is 0.126. The molecule has 0 aliphatic heterocycles. The Morgan fingerprint density at radius 1 is 1.10 bits per heavy atom. The van der Waals surface area contributed by atoms with Crippen molar-refractivity contribution in [3.63, 3.8) is 0 Å². The van der Waals surface area contributed by atoms with Gasteiger partial charge < -0.3 is 15.7 Å². The third-order valence-electron chi connectivity index (χ3n) is 3.84. The molecule has 0 atom stereocenters. The molecule has 0 saturated heterocycles. The normalized spacial score (nSPS) is 22.6. The maximum Gasteiger partial charge on any atom is 0.134 e. The summed E-state index contributed by atoms with van der Waals surface area (Å²) in [6.07, 6.45) is 4.71. The number of nitrogens with zero attached hydrogens (tertiary/aromatic N) is 2. The molecule has 20 heavy (non-hydrogen) atoms. The van der Waals surface area contributed by atoms with E-state index in [0.29, 0.717) is 6.04 Å². The van der Waals surface area contributed by atoms with Crippen LogP contribution in [0.3, 0.4) is 0 Å². The van der Waals surface area contributed by atoms with E-state index in [2.05, 4.69) is 34.4 Å². The maximum atomic E-state index is 9.57. The van der Waals surface area contributed by atoms with Gasteiger partial charge in [-0.1, -0.05) is 6.92 Å². The predicted molar refractivity (Wildman–Crippen MR) is 82.2 cm³/mol. The highest BCUT2D eigenvalue weighted by atomic mass is 16.3. The van der Waals surface area contributed by atoms with Crippen molar-refractivity contribution in [2.45, 2.75) is 65.0 Å². The fourth-order valence-electron chi connectivity index (χ4n) is 2.60. The van der Waals surface area contributed by atoms with Gasteiger partial charge in [0.05, 0.1) is 6.10 Å². The Labute approximate surface area is 121 Å². The molecular weight excluding hydrogens is 252 g/mol. The zero-order valence-corrected chi connectivity index (χ0v) is 12.7. The third-order valence-corrected chi connectivity index (χ3v) is 3.84. The molecule has 5 heteroatoms. The van der Waals surface area contributed by atoms with Gasteiger partial charge >= 0.3 is 0 Å². The van der Waals surface area contributed by atoms with Crippen molar-refractivity contribution < 1.29 is 5.11 Å². The summed E-state index contributed by atoms with van der Waals surface area (Å²) in [5, 5.41) is 16.5. The molecule has 1 fully saturated rings. The van der Waals surface area contributed by atoms with E-state index in [1.807, 2.05) is 6.92 Å². The second kappa shape index (κ2) is 6.88. The van der Waals surface area contributed by atoms with Crippen LogP contribution in [-0.2, 0) is 0 Å². The van der Waals surface area contributed by atoms with Crippen LogP contribution >= 0.6 is 0 Å². The molecule has 112 valence electrons. The number of hydrogen-bond donors (Lipinski definition) is 3. The largest absolute Gasteiger partial charge is 0.393 e. The lowest BCUT2D eigenvalue weighted by Gasteiger charge is -2.27. The van der Waals surface area contributed by atoms with Crippen molar-refractivity contribution in [3.8, 4) is 0 Å². The molecule has 1 saturated carbocycles. The molecule has 0 bridgehead atoms. The summed E-state index contributed by atoms with van der Waals surface area (Å²) in [7, 11) is 0. The molecule has 0 amide bonds. The van der Waals surface area contributed by atoms with Crippen molar-refractivity contribution >= 4 is 11.6 Å². The summed E-state index contributed by atoms with van der Waals surface area (Å²) in [5.41, 5.74) is 1.08. The van der Waals surface area contributed by atoms with Crippen LogP contribution in [0.1, 0.15) is 50.4 Å². The second-order valence-corrected chi connectivity index (χ2v) is 5.67. The van der Waals surface area contributed by atoms with Gasteiger partial charge in [0.1, 0.15) is 17.5 Å². The number of aryl methyl sites for hydroxylation is 1. The summed E-state index contributed by atoms with van der Waals surface area (Å²) in [4.78, 5) is 9.00. The van der Waals surface area contributed by atoms with Crippen LogP contribution in [0, 0.1) is 13.8 Å². The summed E-state index contributed by atoms with van der Waals surface area (Å²) in [6, 6.07) is 0.408. The van der Waals surface area contributed by atoms with Crippen molar-refractivity contribution in [2.24, 2.45) is 0 Å². The molecule has 3 N–H and O–H groups in total. The van der Waals surface area contributed by atoms with E-state index in [1.165, 1.54) is 0 Å². The quantitative estimate of drug-likeness (QED) is 0.772. The molecule has 0 radical (unpaired) electrons. The number of aromatic nitrogens is 2.